The summed E-state index contributed by atoms with van der Waals surface area (Å²) in [5.74, 6) is -1.71. The van der Waals surface area contributed by atoms with Crippen LogP contribution in [0, 0.1) is 11.6 Å². The van der Waals surface area contributed by atoms with E-state index in [1.807, 2.05) is 9.95 Å². The molecule has 3 aromatic rings. The van der Waals surface area contributed by atoms with Crippen LogP contribution in [0.3, 0.4) is 0 Å². The number of aromatic nitrogens is 2. The summed E-state index contributed by atoms with van der Waals surface area (Å²) >= 11 is 5.10. The van der Waals surface area contributed by atoms with Crippen LogP contribution in [-0.4, -0.2) is 16.1 Å². The van der Waals surface area contributed by atoms with Gasteiger partial charge in [0.2, 0.25) is 0 Å². The number of imidazole rings is 1. The Morgan fingerprint density at radius 1 is 1.24 bits per heavy atom. The minimum absolute atomic E-state index is 0.469. The molecule has 0 bridgehead atoms. The molecular weight excluding hydrogens is 360 g/mol. The second kappa shape index (κ2) is 6.21. The second-order valence-corrected chi connectivity index (χ2v) is 6.51. The molecular formula is C14H12BrF2N3S. The Balaban J connectivity index is 1.61. The Morgan fingerprint density at radius 2 is 2.05 bits per heavy atom. The maximum absolute atomic E-state index is 13.3. The minimum Gasteiger partial charge on any atom is -0.329 e. The summed E-state index contributed by atoms with van der Waals surface area (Å²) in [6, 6.07) is 4.38. The Morgan fingerprint density at radius 3 is 2.81 bits per heavy atom. The molecule has 21 heavy (non-hydrogen) atoms. The predicted molar refractivity (Wildman–Crippen MR) is 83.4 cm³/mol. The molecule has 0 aliphatic rings. The largest absolute Gasteiger partial charge is 0.329 e. The summed E-state index contributed by atoms with van der Waals surface area (Å²) in [6.07, 6.45) is 1.60. The molecule has 1 aromatic carbocycles. The summed E-state index contributed by atoms with van der Waals surface area (Å²) < 4.78 is 29.3. The molecule has 0 fully saturated rings. The van der Waals surface area contributed by atoms with Crippen LogP contribution in [0.25, 0.3) is 11.0 Å². The van der Waals surface area contributed by atoms with Gasteiger partial charge in [-0.25, -0.2) is 13.8 Å². The lowest BCUT2D eigenvalue weighted by molar-refractivity contribution is 0.510. The van der Waals surface area contributed by atoms with Crippen LogP contribution in [-0.2, 0) is 13.1 Å². The van der Waals surface area contributed by atoms with E-state index in [9.17, 15) is 8.78 Å². The smallest absolute Gasteiger partial charge is 0.161 e. The van der Waals surface area contributed by atoms with E-state index >= 15 is 0 Å². The van der Waals surface area contributed by atoms with Gasteiger partial charge >= 0.3 is 0 Å². The molecule has 0 radical (unpaired) electrons. The highest BCUT2D eigenvalue weighted by molar-refractivity contribution is 9.10. The molecule has 2 heterocycles. The van der Waals surface area contributed by atoms with Gasteiger partial charge in [-0.3, -0.25) is 0 Å². The molecule has 1 N–H and O–H groups in total. The predicted octanol–water partition coefficient (Wildman–Crippen LogP) is 3.93. The van der Waals surface area contributed by atoms with Crippen LogP contribution in [0.4, 0.5) is 8.78 Å². The third kappa shape index (κ3) is 3.30. The van der Waals surface area contributed by atoms with Gasteiger partial charge in [0.05, 0.1) is 17.4 Å². The van der Waals surface area contributed by atoms with Crippen LogP contribution >= 0.6 is 27.3 Å². The van der Waals surface area contributed by atoms with Crippen molar-refractivity contribution in [3.05, 3.63) is 50.9 Å². The number of rotatable bonds is 5. The number of fused-ring (bicyclic) bond motifs is 1. The van der Waals surface area contributed by atoms with E-state index in [0.29, 0.717) is 17.6 Å². The van der Waals surface area contributed by atoms with Crippen LogP contribution in [0.5, 0.6) is 0 Å². The van der Waals surface area contributed by atoms with E-state index in [4.69, 9.17) is 0 Å². The standard InChI is InChI=1S/C14H12BrF2N3S/c15-9-3-10(21-7-9)6-18-1-2-20-8-19-13-4-11(16)12(17)5-14(13)20/h3-5,7-8,18H,1-2,6H2. The number of nitrogens with one attached hydrogen (secondary N) is 1. The first-order chi connectivity index (χ1) is 10.1. The average molecular weight is 372 g/mol. The number of benzene rings is 1. The van der Waals surface area contributed by atoms with Gasteiger partial charge in [-0.2, -0.15) is 0 Å². The van der Waals surface area contributed by atoms with Gasteiger partial charge in [0.25, 0.3) is 0 Å². The van der Waals surface area contributed by atoms with Crippen molar-refractivity contribution in [3.8, 4) is 0 Å². The summed E-state index contributed by atoms with van der Waals surface area (Å²) in [4.78, 5) is 5.33. The van der Waals surface area contributed by atoms with E-state index in [1.165, 1.54) is 10.9 Å². The zero-order valence-corrected chi connectivity index (χ0v) is 13.3. The van der Waals surface area contributed by atoms with Crippen molar-refractivity contribution >= 4 is 38.3 Å². The normalized spacial score (nSPS) is 11.4. The van der Waals surface area contributed by atoms with Gasteiger partial charge in [0, 0.05) is 46.5 Å². The van der Waals surface area contributed by atoms with Crippen molar-refractivity contribution < 1.29 is 8.78 Å². The van der Waals surface area contributed by atoms with E-state index in [-0.39, 0.29) is 0 Å². The summed E-state index contributed by atoms with van der Waals surface area (Å²) in [5.41, 5.74) is 1.07. The van der Waals surface area contributed by atoms with E-state index < -0.39 is 11.6 Å². The maximum atomic E-state index is 13.3. The molecule has 0 spiro atoms. The first-order valence-electron chi connectivity index (χ1n) is 6.37. The highest BCUT2D eigenvalue weighted by Gasteiger charge is 2.08. The van der Waals surface area contributed by atoms with Gasteiger partial charge < -0.3 is 9.88 Å². The monoisotopic (exact) mass is 371 g/mol. The molecule has 0 saturated carbocycles. The van der Waals surface area contributed by atoms with Crippen LogP contribution in [0.15, 0.2) is 34.4 Å². The number of thiophene rings is 1. The Bertz CT molecular complexity index is 769. The first kappa shape index (κ1) is 14.6. The van der Waals surface area contributed by atoms with E-state index in [2.05, 4.69) is 32.3 Å². The first-order valence-corrected chi connectivity index (χ1v) is 8.04. The lowest BCUT2D eigenvalue weighted by Crippen LogP contribution is -2.18. The Labute approximate surface area is 132 Å². The average Bonchev–Trinajstić information content (AvgIpc) is 3.03. The van der Waals surface area contributed by atoms with Crippen LogP contribution in [0.2, 0.25) is 0 Å². The third-order valence-corrected chi connectivity index (χ3v) is 4.81. The Kier molecular flexibility index (Phi) is 4.32. The molecule has 7 heteroatoms. The number of nitrogens with zero attached hydrogens (tertiary/aromatic N) is 2. The van der Waals surface area contributed by atoms with Gasteiger partial charge in [0.1, 0.15) is 0 Å². The van der Waals surface area contributed by atoms with Gasteiger partial charge in [-0.15, -0.1) is 11.3 Å². The molecule has 0 atom stereocenters. The van der Waals surface area contributed by atoms with Crippen molar-refractivity contribution in [1.29, 1.82) is 0 Å². The molecule has 2 aromatic heterocycles. The van der Waals surface area contributed by atoms with Gasteiger partial charge in [-0.1, -0.05) is 0 Å². The minimum atomic E-state index is -0.867. The van der Waals surface area contributed by atoms with Crippen LogP contribution < -0.4 is 5.32 Å². The zero-order chi connectivity index (χ0) is 14.8. The molecule has 0 saturated heterocycles. The summed E-state index contributed by atoms with van der Waals surface area (Å²) in [5, 5.41) is 5.36. The third-order valence-electron chi connectivity index (χ3n) is 3.11. The zero-order valence-electron chi connectivity index (χ0n) is 10.9. The van der Waals surface area contributed by atoms with E-state index in [0.717, 1.165) is 23.6 Å². The molecule has 3 rings (SSSR count). The Hall–Kier alpha value is -1.31. The summed E-state index contributed by atoms with van der Waals surface area (Å²) in [7, 11) is 0. The number of hydrogen-bond acceptors (Lipinski definition) is 3. The molecule has 0 aliphatic heterocycles. The quantitative estimate of drug-likeness (QED) is 0.688. The topological polar surface area (TPSA) is 29.9 Å². The van der Waals surface area contributed by atoms with Crippen molar-refractivity contribution in [1.82, 2.24) is 14.9 Å². The fraction of sp³-hybridized carbons (Fsp3) is 0.214. The molecule has 3 nitrogen and oxygen atoms in total. The molecule has 110 valence electrons. The van der Waals surface area contributed by atoms with Crippen molar-refractivity contribution in [3.63, 3.8) is 0 Å². The molecule has 0 aliphatic carbocycles. The highest BCUT2D eigenvalue weighted by Crippen LogP contribution is 2.19. The fourth-order valence-corrected chi connectivity index (χ4v) is 3.51. The fourth-order valence-electron chi connectivity index (χ4n) is 2.09. The van der Waals surface area contributed by atoms with Gasteiger partial charge in [0.15, 0.2) is 11.6 Å². The highest BCUT2D eigenvalue weighted by atomic mass is 79.9. The molecule has 0 unspecified atom stereocenters. The lowest BCUT2D eigenvalue weighted by atomic mass is 10.3. The number of halogens is 3. The maximum Gasteiger partial charge on any atom is 0.161 e. The van der Waals surface area contributed by atoms with Crippen molar-refractivity contribution in [2.45, 2.75) is 13.1 Å². The van der Waals surface area contributed by atoms with Crippen LogP contribution in [0.1, 0.15) is 4.88 Å². The second-order valence-electron chi connectivity index (χ2n) is 4.60. The summed E-state index contributed by atoms with van der Waals surface area (Å²) in [6.45, 7) is 2.15. The van der Waals surface area contributed by atoms with Crippen molar-refractivity contribution in [2.24, 2.45) is 0 Å². The molecule has 0 amide bonds. The SMILES string of the molecule is Fc1cc2ncn(CCNCc3cc(Br)cs3)c2cc1F. The van der Waals surface area contributed by atoms with Crippen molar-refractivity contribution in [2.75, 3.05) is 6.54 Å². The van der Waals surface area contributed by atoms with Gasteiger partial charge in [-0.05, 0) is 22.0 Å². The van der Waals surface area contributed by atoms with E-state index in [1.54, 1.807) is 17.7 Å². The lowest BCUT2D eigenvalue weighted by Gasteiger charge is -2.06. The number of hydrogen-bond donors (Lipinski definition) is 1.